The fourth-order valence-electron chi connectivity index (χ4n) is 2.77. The van der Waals surface area contributed by atoms with E-state index in [9.17, 15) is 9.59 Å². The van der Waals surface area contributed by atoms with Gasteiger partial charge in [-0.3, -0.25) is 14.9 Å². The monoisotopic (exact) mass is 383 g/mol. The summed E-state index contributed by atoms with van der Waals surface area (Å²) in [5.74, 6) is 0.494. The summed E-state index contributed by atoms with van der Waals surface area (Å²) in [6, 6.07) is 11.5. The average molecular weight is 383 g/mol. The van der Waals surface area contributed by atoms with E-state index in [0.29, 0.717) is 22.8 Å². The van der Waals surface area contributed by atoms with Crippen LogP contribution in [0, 0.1) is 0 Å². The van der Waals surface area contributed by atoms with Gasteiger partial charge in [0.2, 0.25) is 5.91 Å². The van der Waals surface area contributed by atoms with Crippen molar-refractivity contribution in [3.05, 3.63) is 47.5 Å². The highest BCUT2D eigenvalue weighted by atomic mass is 32.2. The molecule has 2 heterocycles. The van der Waals surface area contributed by atoms with E-state index in [4.69, 9.17) is 0 Å². The lowest BCUT2D eigenvalue weighted by molar-refractivity contribution is -0.115. The minimum absolute atomic E-state index is 0.0216. The molecule has 0 bridgehead atoms. The number of hydrogen-bond donors (Lipinski definition) is 2. The van der Waals surface area contributed by atoms with Crippen LogP contribution in [-0.2, 0) is 11.2 Å². The summed E-state index contributed by atoms with van der Waals surface area (Å²) in [6.07, 6.45) is 1.45. The fraction of sp³-hybridized carbons (Fsp3) is 0.211. The van der Waals surface area contributed by atoms with Crippen molar-refractivity contribution in [3.8, 4) is 0 Å². The van der Waals surface area contributed by atoms with E-state index in [1.807, 2.05) is 12.1 Å². The van der Waals surface area contributed by atoms with Crippen molar-refractivity contribution in [1.29, 1.82) is 0 Å². The quantitative estimate of drug-likeness (QED) is 0.696. The van der Waals surface area contributed by atoms with Crippen molar-refractivity contribution < 1.29 is 9.59 Å². The van der Waals surface area contributed by atoms with E-state index < -0.39 is 0 Å². The molecule has 0 atom stereocenters. The van der Waals surface area contributed by atoms with Crippen molar-refractivity contribution in [2.24, 2.45) is 0 Å². The molecule has 0 fully saturated rings. The van der Waals surface area contributed by atoms with E-state index in [1.165, 1.54) is 16.9 Å². The lowest BCUT2D eigenvalue weighted by atomic mass is 10.2. The number of benzene rings is 2. The molecule has 0 spiro atoms. The molecule has 132 valence electrons. The Bertz CT molecular complexity index is 1010. The van der Waals surface area contributed by atoms with Gasteiger partial charge >= 0.3 is 0 Å². The van der Waals surface area contributed by atoms with Crippen LogP contribution in [0.3, 0.4) is 0 Å². The Morgan fingerprint density at radius 2 is 2.15 bits per heavy atom. The van der Waals surface area contributed by atoms with Gasteiger partial charge in [0.25, 0.3) is 5.91 Å². The van der Waals surface area contributed by atoms with E-state index in [1.54, 1.807) is 23.9 Å². The van der Waals surface area contributed by atoms with E-state index in [2.05, 4.69) is 34.7 Å². The summed E-state index contributed by atoms with van der Waals surface area (Å²) in [4.78, 5) is 29.8. The Morgan fingerprint density at radius 1 is 1.27 bits per heavy atom. The Balaban J connectivity index is 1.57. The summed E-state index contributed by atoms with van der Waals surface area (Å²) < 4.78 is 1.06. The van der Waals surface area contributed by atoms with Crippen molar-refractivity contribution in [2.75, 3.05) is 16.4 Å². The first-order valence-corrected chi connectivity index (χ1v) is 10.2. The molecule has 26 heavy (non-hydrogen) atoms. The minimum atomic E-state index is -0.230. The second kappa shape index (κ2) is 7.09. The van der Waals surface area contributed by atoms with E-state index >= 15 is 0 Å². The number of nitrogens with zero attached hydrogens (tertiary/aromatic N) is 1. The number of aromatic nitrogens is 1. The van der Waals surface area contributed by atoms with Gasteiger partial charge in [-0.05, 0) is 42.3 Å². The summed E-state index contributed by atoms with van der Waals surface area (Å²) in [7, 11) is 0. The molecule has 5 nitrogen and oxygen atoms in total. The third-order valence-electron chi connectivity index (χ3n) is 4.18. The van der Waals surface area contributed by atoms with Gasteiger partial charge in [-0.1, -0.05) is 24.3 Å². The molecule has 1 aromatic heterocycles. The first kappa shape index (κ1) is 17.1. The van der Waals surface area contributed by atoms with Crippen molar-refractivity contribution >= 4 is 55.9 Å². The Kier molecular flexibility index (Phi) is 4.65. The standard InChI is InChI=1S/C19H17N3O2S2/c1-2-11-3-5-13-16(9-11)26-19(21-13)22-18(24)12-4-6-15-14(10-12)20-17(23)7-8-25-15/h3-6,9-10H,2,7-8H2,1H3,(H,20,23)(H,21,22,24). The number of thioether (sulfide) groups is 1. The predicted molar refractivity (Wildman–Crippen MR) is 107 cm³/mol. The third-order valence-corrected chi connectivity index (χ3v) is 6.19. The Hall–Kier alpha value is -2.38. The molecular weight excluding hydrogens is 366 g/mol. The molecule has 0 saturated heterocycles. The second-order valence-electron chi connectivity index (χ2n) is 5.99. The first-order chi connectivity index (χ1) is 12.6. The molecule has 0 radical (unpaired) electrons. The van der Waals surface area contributed by atoms with Crippen LogP contribution in [0.15, 0.2) is 41.3 Å². The van der Waals surface area contributed by atoms with Gasteiger partial charge in [0.1, 0.15) is 0 Å². The van der Waals surface area contributed by atoms with Gasteiger partial charge in [0.05, 0.1) is 15.9 Å². The molecule has 0 unspecified atom stereocenters. The number of carbonyl (C=O) groups excluding carboxylic acids is 2. The van der Waals surface area contributed by atoms with Crippen molar-refractivity contribution in [2.45, 2.75) is 24.7 Å². The van der Waals surface area contributed by atoms with Gasteiger partial charge < -0.3 is 5.32 Å². The summed E-state index contributed by atoms with van der Waals surface area (Å²) in [5.41, 5.74) is 3.33. The zero-order valence-electron chi connectivity index (χ0n) is 14.2. The number of thiazole rings is 1. The van der Waals surface area contributed by atoms with Crippen LogP contribution in [0.25, 0.3) is 10.2 Å². The fourth-order valence-corrected chi connectivity index (χ4v) is 4.63. The van der Waals surface area contributed by atoms with Crippen LogP contribution in [0.1, 0.15) is 29.3 Å². The number of nitrogens with one attached hydrogen (secondary N) is 2. The van der Waals surface area contributed by atoms with Crippen LogP contribution in [0.5, 0.6) is 0 Å². The topological polar surface area (TPSA) is 71.1 Å². The largest absolute Gasteiger partial charge is 0.325 e. The molecule has 2 aromatic carbocycles. The highest BCUT2D eigenvalue weighted by Gasteiger charge is 2.16. The maximum atomic E-state index is 12.6. The summed E-state index contributed by atoms with van der Waals surface area (Å²) >= 11 is 3.08. The maximum absolute atomic E-state index is 12.6. The molecule has 2 amide bonds. The lowest BCUT2D eigenvalue weighted by Crippen LogP contribution is -2.14. The Labute approximate surface area is 159 Å². The Morgan fingerprint density at radius 3 is 3.00 bits per heavy atom. The second-order valence-corrected chi connectivity index (χ2v) is 8.15. The molecule has 1 aliphatic rings. The zero-order valence-corrected chi connectivity index (χ0v) is 15.8. The molecule has 0 saturated carbocycles. The zero-order chi connectivity index (χ0) is 18.1. The number of rotatable bonds is 3. The molecule has 2 N–H and O–H groups in total. The normalized spacial score (nSPS) is 13.8. The SMILES string of the molecule is CCc1ccc2nc(NC(=O)c3ccc4c(c3)NC(=O)CCS4)sc2c1. The van der Waals surface area contributed by atoms with Gasteiger partial charge in [-0.15, -0.1) is 11.8 Å². The number of anilines is 2. The first-order valence-electron chi connectivity index (χ1n) is 8.40. The van der Waals surface area contributed by atoms with E-state index in [-0.39, 0.29) is 11.8 Å². The lowest BCUT2D eigenvalue weighted by Gasteiger charge is -2.08. The summed E-state index contributed by atoms with van der Waals surface area (Å²) in [5, 5.41) is 6.31. The number of carbonyl (C=O) groups is 2. The molecular formula is C19H17N3O2S2. The number of amides is 2. The van der Waals surface area contributed by atoms with Crippen LogP contribution in [0.2, 0.25) is 0 Å². The smallest absolute Gasteiger partial charge is 0.257 e. The average Bonchev–Trinajstić information content (AvgIpc) is 2.93. The van der Waals surface area contributed by atoms with Crippen LogP contribution in [0.4, 0.5) is 10.8 Å². The van der Waals surface area contributed by atoms with Gasteiger partial charge in [-0.25, -0.2) is 4.98 Å². The van der Waals surface area contributed by atoms with Crippen molar-refractivity contribution in [3.63, 3.8) is 0 Å². The third kappa shape index (κ3) is 3.45. The molecule has 4 rings (SSSR count). The predicted octanol–water partition coefficient (Wildman–Crippen LogP) is 4.55. The van der Waals surface area contributed by atoms with Crippen LogP contribution >= 0.6 is 23.1 Å². The molecule has 3 aromatic rings. The number of aryl methyl sites for hydroxylation is 1. The summed E-state index contributed by atoms with van der Waals surface area (Å²) in [6.45, 7) is 2.11. The van der Waals surface area contributed by atoms with Gasteiger partial charge in [0.15, 0.2) is 5.13 Å². The van der Waals surface area contributed by atoms with Crippen LogP contribution in [-0.4, -0.2) is 22.6 Å². The highest BCUT2D eigenvalue weighted by Crippen LogP contribution is 2.32. The maximum Gasteiger partial charge on any atom is 0.257 e. The number of hydrogen-bond acceptors (Lipinski definition) is 5. The minimum Gasteiger partial charge on any atom is -0.325 e. The number of fused-ring (bicyclic) bond motifs is 2. The van der Waals surface area contributed by atoms with E-state index in [0.717, 1.165) is 27.3 Å². The molecule has 7 heteroatoms. The highest BCUT2D eigenvalue weighted by molar-refractivity contribution is 7.99. The van der Waals surface area contributed by atoms with Gasteiger partial charge in [-0.2, -0.15) is 0 Å². The van der Waals surface area contributed by atoms with Gasteiger partial charge in [0, 0.05) is 22.6 Å². The molecule has 1 aliphatic heterocycles. The van der Waals surface area contributed by atoms with Crippen LogP contribution < -0.4 is 10.6 Å². The van der Waals surface area contributed by atoms with Crippen molar-refractivity contribution in [1.82, 2.24) is 4.98 Å². The molecule has 0 aliphatic carbocycles.